The highest BCUT2D eigenvalue weighted by molar-refractivity contribution is 7.93. The summed E-state index contributed by atoms with van der Waals surface area (Å²) in [7, 11) is -3.87. The quantitative estimate of drug-likeness (QED) is 0.560. The number of carbonyl (C=O) groups is 1. The van der Waals surface area contributed by atoms with E-state index in [0.29, 0.717) is 22.8 Å². The summed E-state index contributed by atoms with van der Waals surface area (Å²) in [5.74, 6) is -1.04. The lowest BCUT2D eigenvalue weighted by Crippen LogP contribution is -2.29. The number of carbonyl (C=O) groups excluding carboxylic acids is 1. The third-order valence-electron chi connectivity index (χ3n) is 5.30. The molecule has 0 unspecified atom stereocenters. The van der Waals surface area contributed by atoms with Crippen molar-refractivity contribution in [2.75, 3.05) is 33.8 Å². The molecule has 0 saturated carbocycles. The van der Waals surface area contributed by atoms with Crippen molar-refractivity contribution in [1.82, 2.24) is 10.2 Å². The van der Waals surface area contributed by atoms with Gasteiger partial charge in [0.25, 0.3) is 0 Å². The highest BCUT2D eigenvalue weighted by Crippen LogP contribution is 2.24. The topological polar surface area (TPSA) is 117 Å². The van der Waals surface area contributed by atoms with E-state index < -0.39 is 21.7 Å². The summed E-state index contributed by atoms with van der Waals surface area (Å²) in [6.07, 6.45) is 4.80. The molecule has 10 heteroatoms. The van der Waals surface area contributed by atoms with Crippen LogP contribution in [0.2, 0.25) is 0 Å². The number of hydrogen-bond donors (Lipinski definition) is 2. The van der Waals surface area contributed by atoms with Crippen LogP contribution >= 0.6 is 0 Å². The summed E-state index contributed by atoms with van der Waals surface area (Å²) in [4.78, 5) is 14.7. The fourth-order valence-electron chi connectivity index (χ4n) is 3.66. The molecular weight excluding hydrogens is 430 g/mol. The highest BCUT2D eigenvalue weighted by Gasteiger charge is 2.18. The van der Waals surface area contributed by atoms with Gasteiger partial charge in [-0.15, -0.1) is 10.2 Å². The van der Waals surface area contributed by atoms with Crippen LogP contribution in [0.25, 0.3) is 11.5 Å². The fraction of sp³-hybridized carbons (Fsp3) is 0.318. The van der Waals surface area contributed by atoms with Crippen molar-refractivity contribution < 1.29 is 17.6 Å². The van der Waals surface area contributed by atoms with Gasteiger partial charge in [-0.1, -0.05) is 6.07 Å². The van der Waals surface area contributed by atoms with Crippen LogP contribution in [0.15, 0.2) is 53.3 Å². The van der Waals surface area contributed by atoms with Gasteiger partial charge in [-0.05, 0) is 68.1 Å². The molecule has 2 heterocycles. The summed E-state index contributed by atoms with van der Waals surface area (Å²) in [6.45, 7) is 3.83. The number of aromatic nitrogens is 2. The molecule has 3 aromatic rings. The molecule has 32 heavy (non-hydrogen) atoms. The zero-order valence-electron chi connectivity index (χ0n) is 17.7. The Morgan fingerprint density at radius 1 is 1.09 bits per heavy atom. The van der Waals surface area contributed by atoms with Crippen molar-refractivity contribution in [3.8, 4) is 11.5 Å². The molecular formula is C22H25N5O4S. The van der Waals surface area contributed by atoms with E-state index in [1.807, 2.05) is 19.1 Å². The molecule has 2 aromatic carbocycles. The van der Waals surface area contributed by atoms with E-state index >= 15 is 0 Å². The molecule has 0 atom stereocenters. The van der Waals surface area contributed by atoms with E-state index in [0.717, 1.165) is 24.3 Å². The number of anilines is 3. The van der Waals surface area contributed by atoms with Crippen LogP contribution in [0.3, 0.4) is 0 Å². The van der Waals surface area contributed by atoms with E-state index in [9.17, 15) is 13.2 Å². The first-order valence-corrected chi connectivity index (χ1v) is 12.1. The predicted molar refractivity (Wildman–Crippen MR) is 123 cm³/mol. The van der Waals surface area contributed by atoms with Gasteiger partial charge in [0.15, 0.2) is 0 Å². The SMILES string of the molecule is Cc1ccc(-c2nnco2)cc1NC(=O)CS(=O)(=O)Nc1ccc(N2CCCCC2)cc1. The van der Waals surface area contributed by atoms with Gasteiger partial charge in [0.2, 0.25) is 28.2 Å². The molecule has 1 saturated heterocycles. The second-order valence-electron chi connectivity index (χ2n) is 7.78. The largest absolute Gasteiger partial charge is 0.423 e. The maximum absolute atomic E-state index is 12.5. The fourth-order valence-corrected chi connectivity index (χ4v) is 4.64. The molecule has 2 N–H and O–H groups in total. The lowest BCUT2D eigenvalue weighted by Gasteiger charge is -2.28. The number of aryl methyl sites for hydroxylation is 1. The van der Waals surface area contributed by atoms with E-state index in [4.69, 9.17) is 4.42 Å². The van der Waals surface area contributed by atoms with Gasteiger partial charge in [0.05, 0.1) is 0 Å². The molecule has 168 valence electrons. The van der Waals surface area contributed by atoms with Crippen molar-refractivity contribution >= 4 is 33.0 Å². The van der Waals surface area contributed by atoms with Gasteiger partial charge in [0, 0.05) is 35.7 Å². The average Bonchev–Trinajstić information content (AvgIpc) is 3.31. The molecule has 1 amide bonds. The van der Waals surface area contributed by atoms with Crippen molar-refractivity contribution in [2.24, 2.45) is 0 Å². The minimum atomic E-state index is -3.87. The van der Waals surface area contributed by atoms with E-state index in [1.165, 1.54) is 25.7 Å². The number of amides is 1. The Morgan fingerprint density at radius 2 is 1.84 bits per heavy atom. The summed E-state index contributed by atoms with van der Waals surface area (Å²) in [6, 6.07) is 12.5. The minimum absolute atomic E-state index is 0.308. The van der Waals surface area contributed by atoms with Crippen LogP contribution in [-0.2, 0) is 14.8 Å². The van der Waals surface area contributed by atoms with Gasteiger partial charge >= 0.3 is 0 Å². The molecule has 0 aliphatic carbocycles. The maximum atomic E-state index is 12.5. The van der Waals surface area contributed by atoms with Crippen LogP contribution in [0.1, 0.15) is 24.8 Å². The summed E-state index contributed by atoms with van der Waals surface area (Å²) >= 11 is 0. The summed E-state index contributed by atoms with van der Waals surface area (Å²) < 4.78 is 32.7. The van der Waals surface area contributed by atoms with E-state index in [1.54, 1.807) is 30.3 Å². The number of piperidine rings is 1. The Hall–Kier alpha value is -3.40. The molecule has 0 bridgehead atoms. The van der Waals surface area contributed by atoms with Gasteiger partial charge in [-0.3, -0.25) is 9.52 Å². The van der Waals surface area contributed by atoms with Gasteiger partial charge in [0.1, 0.15) is 5.75 Å². The first-order chi connectivity index (χ1) is 15.4. The average molecular weight is 456 g/mol. The molecule has 9 nitrogen and oxygen atoms in total. The molecule has 1 aromatic heterocycles. The number of nitrogens with zero attached hydrogens (tertiary/aromatic N) is 3. The van der Waals surface area contributed by atoms with Crippen LogP contribution in [-0.4, -0.2) is 43.4 Å². The standard InChI is InChI=1S/C22H25N5O4S/c1-16-5-6-17(22-25-23-15-31-22)13-20(16)24-21(28)14-32(29,30)26-18-7-9-19(10-8-18)27-11-3-2-4-12-27/h5-10,13,15,26H,2-4,11-12,14H2,1H3,(H,24,28). The Labute approximate surface area is 186 Å². The minimum Gasteiger partial charge on any atom is -0.423 e. The lowest BCUT2D eigenvalue weighted by atomic mass is 10.1. The second kappa shape index (κ2) is 9.39. The Morgan fingerprint density at radius 3 is 2.53 bits per heavy atom. The van der Waals surface area contributed by atoms with Crippen LogP contribution < -0.4 is 14.9 Å². The monoisotopic (exact) mass is 455 g/mol. The smallest absolute Gasteiger partial charge is 0.247 e. The molecule has 1 aliphatic rings. The van der Waals surface area contributed by atoms with Crippen LogP contribution in [0.4, 0.5) is 17.1 Å². The first-order valence-electron chi connectivity index (χ1n) is 10.4. The Kier molecular flexibility index (Phi) is 6.40. The molecule has 1 aliphatic heterocycles. The normalized spacial score (nSPS) is 14.2. The second-order valence-corrected chi connectivity index (χ2v) is 9.50. The van der Waals surface area contributed by atoms with E-state index in [2.05, 4.69) is 25.1 Å². The maximum Gasteiger partial charge on any atom is 0.247 e. The van der Waals surface area contributed by atoms with Crippen LogP contribution in [0.5, 0.6) is 0 Å². The first kappa shape index (κ1) is 21.8. The van der Waals surface area contributed by atoms with Crippen molar-refractivity contribution in [2.45, 2.75) is 26.2 Å². The summed E-state index contributed by atoms with van der Waals surface area (Å²) in [5.41, 5.74) is 3.38. The van der Waals surface area contributed by atoms with Crippen molar-refractivity contribution in [3.05, 3.63) is 54.4 Å². The van der Waals surface area contributed by atoms with Crippen LogP contribution in [0, 0.1) is 6.92 Å². The Balaban J connectivity index is 1.38. The number of rotatable bonds is 7. The van der Waals surface area contributed by atoms with Crippen molar-refractivity contribution in [1.29, 1.82) is 0 Å². The molecule has 0 radical (unpaired) electrons. The zero-order valence-corrected chi connectivity index (χ0v) is 18.6. The third-order valence-corrected chi connectivity index (χ3v) is 6.49. The van der Waals surface area contributed by atoms with Gasteiger partial charge < -0.3 is 14.6 Å². The summed E-state index contributed by atoms with van der Waals surface area (Å²) in [5, 5.41) is 10.1. The molecule has 4 rings (SSSR count). The molecule has 0 spiro atoms. The number of nitrogens with one attached hydrogen (secondary N) is 2. The number of hydrogen-bond acceptors (Lipinski definition) is 7. The van der Waals surface area contributed by atoms with Gasteiger partial charge in [-0.25, -0.2) is 8.42 Å². The van der Waals surface area contributed by atoms with Gasteiger partial charge in [-0.2, -0.15) is 0 Å². The predicted octanol–water partition coefficient (Wildman–Crippen LogP) is 3.42. The van der Waals surface area contributed by atoms with Crippen molar-refractivity contribution in [3.63, 3.8) is 0 Å². The number of benzene rings is 2. The Bertz CT molecular complexity index is 1170. The van der Waals surface area contributed by atoms with E-state index in [-0.39, 0.29) is 0 Å². The highest BCUT2D eigenvalue weighted by atomic mass is 32.2. The third kappa shape index (κ3) is 5.44. The molecule has 1 fully saturated rings. The zero-order chi connectivity index (χ0) is 22.6. The number of sulfonamides is 1. The lowest BCUT2D eigenvalue weighted by molar-refractivity contribution is -0.113.